The average molecular weight is 231 g/mol. The van der Waals surface area contributed by atoms with E-state index in [-0.39, 0.29) is 19.0 Å². The normalized spacial score (nSPS) is 17.8. The highest BCUT2D eigenvalue weighted by Crippen LogP contribution is 2.00. The van der Waals surface area contributed by atoms with Gasteiger partial charge in [-0.1, -0.05) is 0 Å². The molecule has 0 bridgehead atoms. The van der Waals surface area contributed by atoms with E-state index < -0.39 is 12.1 Å². The zero-order chi connectivity index (χ0) is 12.0. The molecule has 16 heavy (non-hydrogen) atoms. The lowest BCUT2D eigenvalue weighted by atomic mass is 10.3. The fraction of sp³-hybridized carbons (Fsp3) is 0.778. The Balaban J connectivity index is 2.20. The molecule has 92 valence electrons. The Hall–Kier alpha value is -1.18. The third-order valence-corrected chi connectivity index (χ3v) is 2.19. The number of β-amino-alcohol motifs (C(OH)–C–C–N with tert-alkyl or cyclic N) is 1. The molecule has 3 amide bonds. The highest BCUT2D eigenvalue weighted by Gasteiger charge is 2.29. The standard InChI is InChI=1S/C9H17N3O4/c1-16-3-2-10-4-7(13)6-12-8(14)5-11-9(12)15/h7,10,13H,2-6H2,1H3,(H,11,15). The number of urea groups is 1. The van der Waals surface area contributed by atoms with Gasteiger partial charge in [0.15, 0.2) is 0 Å². The first-order chi connectivity index (χ1) is 7.65. The lowest BCUT2D eigenvalue weighted by Crippen LogP contribution is -2.42. The molecule has 7 nitrogen and oxygen atoms in total. The van der Waals surface area contributed by atoms with Crippen molar-refractivity contribution < 1.29 is 19.4 Å². The molecule has 3 N–H and O–H groups in total. The minimum absolute atomic E-state index is 0.0165. The summed E-state index contributed by atoms with van der Waals surface area (Å²) in [5.41, 5.74) is 0. The van der Waals surface area contributed by atoms with Crippen LogP contribution in [-0.4, -0.2) is 67.9 Å². The molecule has 1 atom stereocenters. The minimum Gasteiger partial charge on any atom is -0.390 e. The summed E-state index contributed by atoms with van der Waals surface area (Å²) < 4.78 is 4.82. The number of methoxy groups -OCH3 is 1. The average Bonchev–Trinajstić information content (AvgIpc) is 2.56. The van der Waals surface area contributed by atoms with Crippen molar-refractivity contribution in [1.29, 1.82) is 0 Å². The molecule has 0 aromatic heterocycles. The molecule has 0 spiro atoms. The van der Waals surface area contributed by atoms with Gasteiger partial charge in [0.05, 0.1) is 25.8 Å². The number of imide groups is 1. The van der Waals surface area contributed by atoms with E-state index in [9.17, 15) is 14.7 Å². The Morgan fingerprint density at radius 3 is 2.94 bits per heavy atom. The number of nitrogens with one attached hydrogen (secondary N) is 2. The summed E-state index contributed by atoms with van der Waals surface area (Å²) in [6, 6.07) is -0.444. The van der Waals surface area contributed by atoms with Crippen molar-refractivity contribution in [3.05, 3.63) is 0 Å². The Labute approximate surface area is 93.7 Å². The molecule has 1 heterocycles. The third kappa shape index (κ3) is 3.76. The van der Waals surface area contributed by atoms with Crippen molar-refractivity contribution in [2.75, 3.05) is 39.9 Å². The second-order valence-corrected chi connectivity index (χ2v) is 3.51. The zero-order valence-electron chi connectivity index (χ0n) is 9.23. The fourth-order valence-corrected chi connectivity index (χ4v) is 1.36. The van der Waals surface area contributed by atoms with Gasteiger partial charge in [-0.05, 0) is 0 Å². The maximum Gasteiger partial charge on any atom is 0.324 e. The summed E-state index contributed by atoms with van der Waals surface area (Å²) in [4.78, 5) is 23.3. The van der Waals surface area contributed by atoms with Crippen LogP contribution in [0.4, 0.5) is 4.79 Å². The lowest BCUT2D eigenvalue weighted by molar-refractivity contribution is -0.125. The van der Waals surface area contributed by atoms with Gasteiger partial charge < -0.3 is 20.5 Å². The molecule has 1 aliphatic heterocycles. The summed E-state index contributed by atoms with van der Waals surface area (Å²) in [7, 11) is 1.59. The van der Waals surface area contributed by atoms with Gasteiger partial charge in [-0.25, -0.2) is 4.79 Å². The second-order valence-electron chi connectivity index (χ2n) is 3.51. The van der Waals surface area contributed by atoms with Crippen molar-refractivity contribution in [2.45, 2.75) is 6.10 Å². The van der Waals surface area contributed by atoms with E-state index in [4.69, 9.17) is 4.74 Å². The van der Waals surface area contributed by atoms with Crippen LogP contribution in [0, 0.1) is 0 Å². The first-order valence-corrected chi connectivity index (χ1v) is 5.11. The van der Waals surface area contributed by atoms with Gasteiger partial charge in [0, 0.05) is 20.2 Å². The van der Waals surface area contributed by atoms with Gasteiger partial charge in [0.2, 0.25) is 5.91 Å². The van der Waals surface area contributed by atoms with Crippen molar-refractivity contribution in [2.24, 2.45) is 0 Å². The van der Waals surface area contributed by atoms with Gasteiger partial charge in [-0.2, -0.15) is 0 Å². The van der Waals surface area contributed by atoms with Gasteiger partial charge in [-0.3, -0.25) is 9.69 Å². The number of carbonyl (C=O) groups is 2. The highest BCUT2D eigenvalue weighted by molar-refractivity contribution is 6.01. The molecule has 1 fully saturated rings. The van der Waals surface area contributed by atoms with Crippen LogP contribution >= 0.6 is 0 Å². The lowest BCUT2D eigenvalue weighted by Gasteiger charge is -2.17. The monoisotopic (exact) mass is 231 g/mol. The number of aliphatic hydroxyl groups excluding tert-OH is 1. The number of hydrogen-bond donors (Lipinski definition) is 3. The number of rotatable bonds is 7. The van der Waals surface area contributed by atoms with Crippen LogP contribution in [0.1, 0.15) is 0 Å². The summed E-state index contributed by atoms with van der Waals surface area (Å²) >= 11 is 0. The van der Waals surface area contributed by atoms with Crippen LogP contribution in [-0.2, 0) is 9.53 Å². The molecule has 0 aliphatic carbocycles. The molecule has 1 saturated heterocycles. The van der Waals surface area contributed by atoms with E-state index in [1.807, 2.05) is 0 Å². The van der Waals surface area contributed by atoms with E-state index >= 15 is 0 Å². The third-order valence-electron chi connectivity index (χ3n) is 2.19. The van der Waals surface area contributed by atoms with Crippen LogP contribution < -0.4 is 10.6 Å². The predicted octanol–water partition coefficient (Wildman–Crippen LogP) is -1.86. The molecule has 1 rings (SSSR count). The number of ether oxygens (including phenoxy) is 1. The van der Waals surface area contributed by atoms with Crippen LogP contribution in [0.5, 0.6) is 0 Å². The van der Waals surface area contributed by atoms with Gasteiger partial charge in [0.25, 0.3) is 0 Å². The predicted molar refractivity (Wildman–Crippen MR) is 55.9 cm³/mol. The van der Waals surface area contributed by atoms with Gasteiger partial charge in [0.1, 0.15) is 0 Å². The zero-order valence-corrected chi connectivity index (χ0v) is 9.23. The largest absolute Gasteiger partial charge is 0.390 e. The van der Waals surface area contributed by atoms with E-state index in [2.05, 4.69) is 10.6 Å². The summed E-state index contributed by atoms with van der Waals surface area (Å²) in [5.74, 6) is -0.305. The van der Waals surface area contributed by atoms with E-state index in [0.29, 0.717) is 19.7 Å². The second kappa shape index (κ2) is 6.41. The maximum absolute atomic E-state index is 11.2. The molecular formula is C9H17N3O4. The molecule has 1 aliphatic rings. The number of aliphatic hydroxyl groups is 1. The van der Waals surface area contributed by atoms with Crippen molar-refractivity contribution in [1.82, 2.24) is 15.5 Å². The summed E-state index contributed by atoms with van der Waals surface area (Å²) in [5, 5.41) is 14.9. The highest BCUT2D eigenvalue weighted by atomic mass is 16.5. The SMILES string of the molecule is COCCNCC(O)CN1C(=O)CNC1=O. The Kier molecular flexibility index (Phi) is 5.17. The Morgan fingerprint density at radius 2 is 2.38 bits per heavy atom. The van der Waals surface area contributed by atoms with E-state index in [0.717, 1.165) is 4.90 Å². The first-order valence-electron chi connectivity index (χ1n) is 5.11. The fourth-order valence-electron chi connectivity index (χ4n) is 1.36. The van der Waals surface area contributed by atoms with Crippen LogP contribution in [0.3, 0.4) is 0 Å². The molecule has 0 aromatic carbocycles. The van der Waals surface area contributed by atoms with Crippen LogP contribution in [0.2, 0.25) is 0 Å². The number of hydrogen-bond acceptors (Lipinski definition) is 5. The van der Waals surface area contributed by atoms with Crippen LogP contribution in [0.15, 0.2) is 0 Å². The van der Waals surface area contributed by atoms with Gasteiger partial charge >= 0.3 is 6.03 Å². The molecule has 0 radical (unpaired) electrons. The molecule has 7 heteroatoms. The van der Waals surface area contributed by atoms with E-state index in [1.165, 1.54) is 0 Å². The summed E-state index contributed by atoms with van der Waals surface area (Å²) in [6.07, 6.45) is -0.760. The Morgan fingerprint density at radius 1 is 1.62 bits per heavy atom. The Bertz CT molecular complexity index is 243. The molecule has 0 aromatic rings. The number of nitrogens with zero attached hydrogens (tertiary/aromatic N) is 1. The quantitative estimate of drug-likeness (QED) is 0.353. The molecule has 0 saturated carbocycles. The molecular weight excluding hydrogens is 214 g/mol. The topological polar surface area (TPSA) is 90.9 Å². The minimum atomic E-state index is -0.760. The number of amides is 3. The van der Waals surface area contributed by atoms with Crippen LogP contribution in [0.25, 0.3) is 0 Å². The van der Waals surface area contributed by atoms with Gasteiger partial charge in [-0.15, -0.1) is 0 Å². The van der Waals surface area contributed by atoms with Crippen molar-refractivity contribution >= 4 is 11.9 Å². The van der Waals surface area contributed by atoms with Crippen molar-refractivity contribution in [3.63, 3.8) is 0 Å². The molecule has 1 unspecified atom stereocenters. The maximum atomic E-state index is 11.2. The first kappa shape index (κ1) is 12.9. The summed E-state index contributed by atoms with van der Waals surface area (Å²) in [6.45, 7) is 1.53. The number of carbonyl (C=O) groups excluding carboxylic acids is 2. The van der Waals surface area contributed by atoms with E-state index in [1.54, 1.807) is 7.11 Å². The van der Waals surface area contributed by atoms with Crippen molar-refractivity contribution in [3.8, 4) is 0 Å². The smallest absolute Gasteiger partial charge is 0.324 e.